The highest BCUT2D eigenvalue weighted by Crippen LogP contribution is 2.28. The molecule has 0 spiro atoms. The van der Waals surface area contributed by atoms with E-state index < -0.39 is 17.6 Å². The molecule has 1 N–H and O–H groups in total. The van der Waals surface area contributed by atoms with Gasteiger partial charge in [0.15, 0.2) is 0 Å². The predicted molar refractivity (Wildman–Crippen MR) is 56.4 cm³/mol. The molecular formula is C10H17ClFNO2. The monoisotopic (exact) mass is 237 g/mol. The second kappa shape index (κ2) is 4.66. The number of likely N-dealkylation sites (tertiary alicyclic amines) is 1. The third kappa shape index (κ3) is 3.61. The molecule has 15 heavy (non-hydrogen) atoms. The number of alkyl halides is 2. The molecule has 1 saturated heterocycles. The van der Waals surface area contributed by atoms with E-state index in [9.17, 15) is 14.3 Å². The van der Waals surface area contributed by atoms with Crippen LogP contribution in [0.3, 0.4) is 0 Å². The molecule has 1 amide bonds. The summed E-state index contributed by atoms with van der Waals surface area (Å²) in [7, 11) is 0. The molecular weight excluding hydrogens is 221 g/mol. The molecule has 2 atom stereocenters. The van der Waals surface area contributed by atoms with Crippen molar-refractivity contribution in [3.05, 3.63) is 0 Å². The number of hydrogen-bond acceptors (Lipinski definition) is 2. The van der Waals surface area contributed by atoms with Crippen LogP contribution in [0.15, 0.2) is 0 Å². The first-order valence-electron chi connectivity index (χ1n) is 5.07. The van der Waals surface area contributed by atoms with E-state index in [1.54, 1.807) is 0 Å². The van der Waals surface area contributed by atoms with Gasteiger partial charge in [-0.05, 0) is 18.3 Å². The Bertz CT molecular complexity index is 246. The molecule has 0 saturated carbocycles. The first-order chi connectivity index (χ1) is 6.82. The number of halogens is 2. The Labute approximate surface area is 94.2 Å². The second-order valence-electron chi connectivity index (χ2n) is 4.87. The van der Waals surface area contributed by atoms with Gasteiger partial charge in [0.25, 0.3) is 11.5 Å². The summed E-state index contributed by atoms with van der Waals surface area (Å²) in [5.41, 5.74) is -2.17. The molecule has 1 rings (SSSR count). The maximum atomic E-state index is 12.7. The van der Waals surface area contributed by atoms with Crippen molar-refractivity contribution in [2.75, 3.05) is 13.1 Å². The molecule has 0 aliphatic carbocycles. The first kappa shape index (κ1) is 12.7. The van der Waals surface area contributed by atoms with E-state index in [1.165, 1.54) is 4.90 Å². The minimum Gasteiger partial charge on any atom is -0.393 e. The Morgan fingerprint density at radius 1 is 1.67 bits per heavy atom. The van der Waals surface area contributed by atoms with E-state index in [1.807, 2.05) is 13.8 Å². The first-order valence-corrected chi connectivity index (χ1v) is 5.50. The molecule has 1 heterocycles. The molecule has 0 radical (unpaired) electrons. The fourth-order valence-corrected chi connectivity index (χ4v) is 2.17. The number of hydrogen-bond donors (Lipinski definition) is 1. The normalized spacial score (nSPS) is 28.3. The fourth-order valence-electron chi connectivity index (χ4n) is 2.03. The van der Waals surface area contributed by atoms with Crippen LogP contribution in [0.4, 0.5) is 4.39 Å². The molecule has 5 heteroatoms. The summed E-state index contributed by atoms with van der Waals surface area (Å²) < 4.78 is 12.7. The number of aliphatic hydroxyl groups is 1. The van der Waals surface area contributed by atoms with Gasteiger partial charge in [-0.25, -0.2) is 4.39 Å². The van der Waals surface area contributed by atoms with Gasteiger partial charge in [-0.3, -0.25) is 4.79 Å². The van der Waals surface area contributed by atoms with Gasteiger partial charge in [0.2, 0.25) is 0 Å². The van der Waals surface area contributed by atoms with Crippen molar-refractivity contribution in [1.29, 1.82) is 0 Å². The molecule has 1 fully saturated rings. The lowest BCUT2D eigenvalue weighted by Crippen LogP contribution is -2.40. The average molecular weight is 238 g/mol. The Kier molecular flexibility index (Phi) is 3.95. The number of carbonyl (C=O) groups is 1. The molecule has 0 aromatic carbocycles. The Morgan fingerprint density at radius 3 is 2.80 bits per heavy atom. The van der Waals surface area contributed by atoms with Gasteiger partial charge >= 0.3 is 0 Å². The van der Waals surface area contributed by atoms with Crippen molar-refractivity contribution in [3.63, 3.8) is 0 Å². The van der Waals surface area contributed by atoms with E-state index in [0.29, 0.717) is 25.9 Å². The second-order valence-corrected chi connectivity index (χ2v) is 5.25. The van der Waals surface area contributed by atoms with Crippen LogP contribution in [-0.4, -0.2) is 40.7 Å². The maximum absolute atomic E-state index is 12.7. The van der Waals surface area contributed by atoms with Crippen LogP contribution >= 0.6 is 11.6 Å². The molecule has 0 aromatic rings. The lowest BCUT2D eigenvalue weighted by Gasteiger charge is -2.29. The van der Waals surface area contributed by atoms with Crippen LogP contribution in [0, 0.1) is 5.41 Å². The number of rotatable bonds is 1. The number of aliphatic hydroxyl groups excluding tert-OH is 1. The van der Waals surface area contributed by atoms with Gasteiger partial charge in [-0.15, -0.1) is 0 Å². The quantitative estimate of drug-likeness (QED) is 0.703. The summed E-state index contributed by atoms with van der Waals surface area (Å²) in [6, 6.07) is 0. The predicted octanol–water partition coefficient (Wildman–Crippen LogP) is 1.53. The molecule has 0 aromatic heterocycles. The number of carbonyl (C=O) groups excluding carboxylic acids is 1. The summed E-state index contributed by atoms with van der Waals surface area (Å²) >= 11 is 5.12. The zero-order valence-electron chi connectivity index (χ0n) is 9.04. The maximum Gasteiger partial charge on any atom is 0.272 e. The van der Waals surface area contributed by atoms with Crippen LogP contribution in [0.5, 0.6) is 0 Å². The van der Waals surface area contributed by atoms with Crippen molar-refractivity contribution in [3.8, 4) is 0 Å². The average Bonchev–Trinajstić information content (AvgIpc) is 2.21. The molecule has 3 nitrogen and oxygen atoms in total. The number of nitrogens with zero attached hydrogens (tertiary/aromatic N) is 1. The van der Waals surface area contributed by atoms with Gasteiger partial charge in [-0.1, -0.05) is 25.4 Å². The summed E-state index contributed by atoms with van der Waals surface area (Å²) in [5.74, 6) is -0.696. The van der Waals surface area contributed by atoms with E-state index in [4.69, 9.17) is 11.6 Å². The van der Waals surface area contributed by atoms with E-state index in [-0.39, 0.29) is 5.41 Å². The summed E-state index contributed by atoms with van der Waals surface area (Å²) in [4.78, 5) is 12.8. The van der Waals surface area contributed by atoms with Crippen LogP contribution in [0.2, 0.25) is 0 Å². The largest absolute Gasteiger partial charge is 0.393 e. The molecule has 88 valence electrons. The van der Waals surface area contributed by atoms with Gasteiger partial charge in [-0.2, -0.15) is 0 Å². The van der Waals surface area contributed by atoms with Crippen molar-refractivity contribution in [1.82, 2.24) is 4.90 Å². The highest BCUT2D eigenvalue weighted by molar-refractivity contribution is 6.29. The van der Waals surface area contributed by atoms with E-state index >= 15 is 0 Å². The lowest BCUT2D eigenvalue weighted by molar-refractivity contribution is -0.134. The zero-order valence-corrected chi connectivity index (χ0v) is 9.80. The standard InChI is InChI=1S/C10H17ClFNO2/c1-10(2)5-7(14)3-4-13(6-10)9(15)8(11)12/h7-8,14H,3-6H2,1-2H3. The van der Waals surface area contributed by atoms with Crippen LogP contribution in [0.1, 0.15) is 26.7 Å². The minimum absolute atomic E-state index is 0.197. The molecule has 0 bridgehead atoms. The summed E-state index contributed by atoms with van der Waals surface area (Å²) in [5, 5.41) is 9.60. The SMILES string of the molecule is CC1(C)CC(O)CCN(C(=O)C(F)Cl)C1. The van der Waals surface area contributed by atoms with Crippen molar-refractivity contribution in [2.24, 2.45) is 5.41 Å². The lowest BCUT2D eigenvalue weighted by atomic mass is 9.87. The van der Waals surface area contributed by atoms with Gasteiger partial charge in [0, 0.05) is 13.1 Å². The zero-order chi connectivity index (χ0) is 11.6. The van der Waals surface area contributed by atoms with Crippen molar-refractivity contribution < 1.29 is 14.3 Å². The van der Waals surface area contributed by atoms with Crippen LogP contribution in [-0.2, 0) is 4.79 Å². The number of amides is 1. The van der Waals surface area contributed by atoms with Gasteiger partial charge in [0.1, 0.15) is 0 Å². The Balaban J connectivity index is 2.71. The highest BCUT2D eigenvalue weighted by Gasteiger charge is 2.33. The van der Waals surface area contributed by atoms with Crippen LogP contribution in [0.25, 0.3) is 0 Å². The third-order valence-corrected chi connectivity index (χ3v) is 2.82. The highest BCUT2D eigenvalue weighted by atomic mass is 35.5. The van der Waals surface area contributed by atoms with E-state index in [0.717, 1.165) is 0 Å². The fraction of sp³-hybridized carbons (Fsp3) is 0.900. The molecule has 1 aliphatic heterocycles. The van der Waals surface area contributed by atoms with Crippen molar-refractivity contribution in [2.45, 2.75) is 38.4 Å². The summed E-state index contributed by atoms with van der Waals surface area (Å²) in [6.45, 7) is 4.71. The Morgan fingerprint density at radius 2 is 2.27 bits per heavy atom. The Hall–Kier alpha value is -0.350. The van der Waals surface area contributed by atoms with Crippen molar-refractivity contribution >= 4 is 17.5 Å². The van der Waals surface area contributed by atoms with E-state index in [2.05, 4.69) is 0 Å². The summed E-state index contributed by atoms with van der Waals surface area (Å²) in [6.07, 6.45) is 0.681. The topological polar surface area (TPSA) is 40.5 Å². The molecule has 1 aliphatic rings. The van der Waals surface area contributed by atoms with Crippen LogP contribution < -0.4 is 0 Å². The third-order valence-electron chi connectivity index (χ3n) is 2.64. The minimum atomic E-state index is -1.98. The van der Waals surface area contributed by atoms with Gasteiger partial charge in [0.05, 0.1) is 6.10 Å². The molecule has 2 unspecified atom stereocenters. The van der Waals surface area contributed by atoms with Gasteiger partial charge < -0.3 is 10.0 Å². The smallest absolute Gasteiger partial charge is 0.272 e.